The number of hydrogen-bond acceptors (Lipinski definition) is 3. The van der Waals surface area contributed by atoms with E-state index in [2.05, 4.69) is 6.92 Å². The van der Waals surface area contributed by atoms with Crippen LogP contribution in [0.25, 0.3) is 0 Å². The third kappa shape index (κ3) is 3.39. The maximum absolute atomic E-state index is 12.4. The molecule has 5 heteroatoms. The van der Waals surface area contributed by atoms with Crippen LogP contribution in [0.15, 0.2) is 5.38 Å². The Bertz CT molecular complexity index is 509. The first-order chi connectivity index (χ1) is 9.49. The van der Waals surface area contributed by atoms with E-state index in [4.69, 9.17) is 5.11 Å². The Morgan fingerprint density at radius 1 is 1.50 bits per heavy atom. The molecule has 0 saturated heterocycles. The van der Waals surface area contributed by atoms with Crippen molar-refractivity contribution in [2.45, 2.75) is 39.0 Å². The Morgan fingerprint density at radius 3 is 2.95 bits per heavy atom. The quantitative estimate of drug-likeness (QED) is 0.908. The van der Waals surface area contributed by atoms with Crippen molar-refractivity contribution >= 4 is 23.2 Å². The van der Waals surface area contributed by atoms with Crippen molar-refractivity contribution < 1.29 is 14.7 Å². The van der Waals surface area contributed by atoms with Crippen LogP contribution in [0.2, 0.25) is 0 Å². The lowest BCUT2D eigenvalue weighted by Gasteiger charge is -2.21. The molecule has 0 radical (unpaired) electrons. The first-order valence-corrected chi connectivity index (χ1v) is 7.93. The van der Waals surface area contributed by atoms with E-state index < -0.39 is 5.97 Å². The fourth-order valence-electron chi connectivity index (χ4n) is 2.63. The number of carbonyl (C=O) groups excluding carboxylic acids is 1. The van der Waals surface area contributed by atoms with Gasteiger partial charge in [0.05, 0.1) is 5.56 Å². The van der Waals surface area contributed by atoms with E-state index in [1.165, 1.54) is 10.4 Å². The summed E-state index contributed by atoms with van der Waals surface area (Å²) in [6.45, 7) is 2.74. The standard InChI is InChI=1S/C15H21NO3S/c1-10-5-6-11-12(9-20-13(11)8-10)15(19)16(2)7-3-4-14(17)18/h9-10H,3-8H2,1-2H3,(H,17,18). The largest absolute Gasteiger partial charge is 0.481 e. The zero-order valence-electron chi connectivity index (χ0n) is 12.0. The molecule has 0 fully saturated rings. The minimum absolute atomic E-state index is 0.0300. The maximum Gasteiger partial charge on any atom is 0.303 e. The summed E-state index contributed by atoms with van der Waals surface area (Å²) in [5.41, 5.74) is 2.05. The molecule has 110 valence electrons. The predicted octanol–water partition coefficient (Wildman–Crippen LogP) is 2.81. The van der Waals surface area contributed by atoms with E-state index in [0.29, 0.717) is 18.9 Å². The number of amides is 1. The molecule has 0 bridgehead atoms. The Hall–Kier alpha value is -1.36. The van der Waals surface area contributed by atoms with Crippen LogP contribution in [-0.2, 0) is 17.6 Å². The zero-order chi connectivity index (χ0) is 14.7. The number of carboxylic acids is 1. The van der Waals surface area contributed by atoms with Crippen LogP contribution in [0.5, 0.6) is 0 Å². The number of fused-ring (bicyclic) bond motifs is 1. The molecule has 1 heterocycles. The Balaban J connectivity index is 2.00. The molecule has 1 unspecified atom stereocenters. The molecule has 0 spiro atoms. The van der Waals surface area contributed by atoms with E-state index in [1.807, 2.05) is 5.38 Å². The molecule has 20 heavy (non-hydrogen) atoms. The third-order valence-corrected chi connectivity index (χ3v) is 4.91. The highest BCUT2D eigenvalue weighted by atomic mass is 32.1. The third-order valence-electron chi connectivity index (χ3n) is 3.86. The number of thiophene rings is 1. The van der Waals surface area contributed by atoms with Gasteiger partial charge in [-0.2, -0.15) is 0 Å². The summed E-state index contributed by atoms with van der Waals surface area (Å²) in [4.78, 5) is 25.9. The monoisotopic (exact) mass is 295 g/mol. The second-order valence-corrected chi connectivity index (χ2v) is 6.59. The average molecular weight is 295 g/mol. The second-order valence-electron chi connectivity index (χ2n) is 5.62. The van der Waals surface area contributed by atoms with Crippen LogP contribution in [0, 0.1) is 5.92 Å². The van der Waals surface area contributed by atoms with Crippen molar-refractivity contribution in [3.8, 4) is 0 Å². The predicted molar refractivity (Wildman–Crippen MR) is 79.3 cm³/mol. The van der Waals surface area contributed by atoms with Gasteiger partial charge in [-0.25, -0.2) is 0 Å². The van der Waals surface area contributed by atoms with E-state index >= 15 is 0 Å². The van der Waals surface area contributed by atoms with E-state index in [-0.39, 0.29) is 12.3 Å². The van der Waals surface area contributed by atoms with E-state index in [1.54, 1.807) is 23.3 Å². The summed E-state index contributed by atoms with van der Waals surface area (Å²) in [5, 5.41) is 10.6. The van der Waals surface area contributed by atoms with Gasteiger partial charge in [0.25, 0.3) is 5.91 Å². The van der Waals surface area contributed by atoms with Crippen LogP contribution in [0.3, 0.4) is 0 Å². The molecule has 2 rings (SSSR count). The van der Waals surface area contributed by atoms with Gasteiger partial charge in [0.2, 0.25) is 0 Å². The van der Waals surface area contributed by atoms with Gasteiger partial charge in [-0.05, 0) is 37.2 Å². The normalized spacial score (nSPS) is 17.6. The molecule has 1 atom stereocenters. The van der Waals surface area contributed by atoms with Gasteiger partial charge in [-0.1, -0.05) is 6.92 Å². The van der Waals surface area contributed by atoms with Gasteiger partial charge in [0.15, 0.2) is 0 Å². The van der Waals surface area contributed by atoms with Gasteiger partial charge < -0.3 is 10.0 Å². The zero-order valence-corrected chi connectivity index (χ0v) is 12.8. The minimum Gasteiger partial charge on any atom is -0.481 e. The lowest BCUT2D eigenvalue weighted by molar-refractivity contribution is -0.137. The van der Waals surface area contributed by atoms with Crippen molar-refractivity contribution in [3.63, 3.8) is 0 Å². The van der Waals surface area contributed by atoms with E-state index in [0.717, 1.165) is 24.8 Å². The van der Waals surface area contributed by atoms with E-state index in [9.17, 15) is 9.59 Å². The molecule has 0 aromatic carbocycles. The molecular weight excluding hydrogens is 274 g/mol. The number of rotatable bonds is 5. The molecule has 1 aliphatic carbocycles. The highest BCUT2D eigenvalue weighted by Gasteiger charge is 2.24. The fourth-order valence-corrected chi connectivity index (χ4v) is 3.87. The number of aliphatic carboxylic acids is 1. The van der Waals surface area contributed by atoms with Crippen LogP contribution in [-0.4, -0.2) is 35.5 Å². The van der Waals surface area contributed by atoms with Gasteiger partial charge in [-0.15, -0.1) is 11.3 Å². The van der Waals surface area contributed by atoms with Crippen LogP contribution < -0.4 is 0 Å². The Morgan fingerprint density at radius 2 is 2.25 bits per heavy atom. The van der Waals surface area contributed by atoms with Crippen LogP contribution in [0.1, 0.15) is 47.0 Å². The highest BCUT2D eigenvalue weighted by Crippen LogP contribution is 2.33. The summed E-state index contributed by atoms with van der Waals surface area (Å²) < 4.78 is 0. The van der Waals surface area contributed by atoms with Crippen LogP contribution >= 0.6 is 11.3 Å². The first kappa shape index (κ1) is 15.0. The van der Waals surface area contributed by atoms with Crippen molar-refractivity contribution in [2.75, 3.05) is 13.6 Å². The lowest BCUT2D eigenvalue weighted by atomic mass is 9.88. The lowest BCUT2D eigenvalue weighted by Crippen LogP contribution is -2.29. The minimum atomic E-state index is -0.812. The molecular formula is C15H21NO3S. The van der Waals surface area contributed by atoms with Crippen LogP contribution in [0.4, 0.5) is 0 Å². The SMILES string of the molecule is CC1CCc2c(C(=O)N(C)CCCC(=O)O)csc2C1. The maximum atomic E-state index is 12.4. The molecule has 1 aromatic heterocycles. The second kappa shape index (κ2) is 6.39. The number of carboxylic acid groups (broad SMARTS) is 1. The molecule has 1 aliphatic rings. The summed E-state index contributed by atoms with van der Waals surface area (Å²) in [5.74, 6) is -0.0763. The summed E-state index contributed by atoms with van der Waals surface area (Å²) in [7, 11) is 1.75. The number of carbonyl (C=O) groups is 2. The smallest absolute Gasteiger partial charge is 0.303 e. The summed E-state index contributed by atoms with van der Waals surface area (Å²) >= 11 is 1.69. The van der Waals surface area contributed by atoms with Gasteiger partial charge in [0.1, 0.15) is 0 Å². The molecule has 1 N–H and O–H groups in total. The Labute approximate surface area is 123 Å². The fraction of sp³-hybridized carbons (Fsp3) is 0.600. The van der Waals surface area contributed by atoms with Crippen molar-refractivity contribution in [2.24, 2.45) is 5.92 Å². The van der Waals surface area contributed by atoms with Gasteiger partial charge in [0, 0.05) is 30.3 Å². The van der Waals surface area contributed by atoms with Crippen molar-refractivity contribution in [3.05, 3.63) is 21.4 Å². The molecule has 1 aromatic rings. The summed E-state index contributed by atoms with van der Waals surface area (Å²) in [6, 6.07) is 0. The van der Waals surface area contributed by atoms with Gasteiger partial charge >= 0.3 is 5.97 Å². The molecule has 4 nitrogen and oxygen atoms in total. The first-order valence-electron chi connectivity index (χ1n) is 7.05. The topological polar surface area (TPSA) is 57.6 Å². The highest BCUT2D eigenvalue weighted by molar-refractivity contribution is 7.10. The molecule has 0 saturated carbocycles. The van der Waals surface area contributed by atoms with Crippen molar-refractivity contribution in [1.82, 2.24) is 4.90 Å². The van der Waals surface area contributed by atoms with Gasteiger partial charge in [-0.3, -0.25) is 9.59 Å². The van der Waals surface area contributed by atoms with Crippen molar-refractivity contribution in [1.29, 1.82) is 0 Å². The Kier molecular flexibility index (Phi) is 4.81. The molecule has 1 amide bonds. The molecule has 0 aliphatic heterocycles. The summed E-state index contributed by atoms with van der Waals surface area (Å²) in [6.07, 6.45) is 3.82. The average Bonchev–Trinajstić information content (AvgIpc) is 2.80. The number of nitrogens with zero attached hydrogens (tertiary/aromatic N) is 1. The number of hydrogen-bond donors (Lipinski definition) is 1.